The Balaban J connectivity index is 0. The molecule has 2 rings (SSSR count). The number of aliphatic hydroxyl groups excluding tert-OH is 1. The van der Waals surface area contributed by atoms with Gasteiger partial charge in [-0.1, -0.05) is 100 Å². The maximum absolute atomic E-state index is 9.53. The molecule has 0 radical (unpaired) electrons. The van der Waals surface area contributed by atoms with E-state index >= 15 is 0 Å². The summed E-state index contributed by atoms with van der Waals surface area (Å²) in [5, 5.41) is 9.53. The average molecular weight is 416 g/mol. The van der Waals surface area contributed by atoms with Crippen LogP contribution in [0.5, 0.6) is 0 Å². The Kier molecular flexibility index (Phi) is 22.5. The summed E-state index contributed by atoms with van der Waals surface area (Å²) in [6.07, 6.45) is 23.9. The van der Waals surface area contributed by atoms with E-state index in [0.717, 1.165) is 44.7 Å². The normalized spacial score (nSPS) is 24.4. The van der Waals surface area contributed by atoms with Gasteiger partial charge < -0.3 is 10.0 Å². The van der Waals surface area contributed by atoms with Crippen LogP contribution in [-0.4, -0.2) is 36.2 Å². The van der Waals surface area contributed by atoms with Crippen molar-refractivity contribution in [2.45, 2.75) is 79.8 Å². The second kappa shape index (κ2) is 22.1. The lowest BCUT2D eigenvalue weighted by Crippen LogP contribution is -2.20. The van der Waals surface area contributed by atoms with Crippen LogP contribution < -0.4 is 0 Å². The van der Waals surface area contributed by atoms with Crippen molar-refractivity contribution in [3.05, 3.63) is 72.4 Å². The number of rotatable bonds is 3. The van der Waals surface area contributed by atoms with E-state index in [-0.39, 0.29) is 0 Å². The second-order valence-corrected chi connectivity index (χ2v) is 7.33. The summed E-state index contributed by atoms with van der Waals surface area (Å²) in [5.41, 5.74) is 2.90. The fraction of sp³-hybridized carbons (Fsp3) is 0.571. The molecule has 1 aliphatic heterocycles. The number of allylic oxidation sites excluding steroid dienone is 7. The summed E-state index contributed by atoms with van der Waals surface area (Å²) < 4.78 is 0. The topological polar surface area (TPSA) is 23.5 Å². The van der Waals surface area contributed by atoms with E-state index in [0.29, 0.717) is 0 Å². The van der Waals surface area contributed by atoms with E-state index in [9.17, 15) is 5.11 Å². The molecule has 0 aromatic rings. The lowest BCUT2D eigenvalue weighted by atomic mass is 9.95. The highest BCUT2D eigenvalue weighted by Crippen LogP contribution is 2.19. The van der Waals surface area contributed by atoms with E-state index in [2.05, 4.69) is 56.7 Å². The lowest BCUT2D eigenvalue weighted by molar-refractivity contribution is 0.270. The summed E-state index contributed by atoms with van der Waals surface area (Å²) in [6, 6.07) is 0. The molecule has 2 atom stereocenters. The molecule has 2 unspecified atom stereocenters. The summed E-state index contributed by atoms with van der Waals surface area (Å²) in [7, 11) is 2.10. The van der Waals surface area contributed by atoms with Crippen molar-refractivity contribution in [2.75, 3.05) is 20.1 Å². The minimum atomic E-state index is -0.438. The van der Waals surface area contributed by atoms with Gasteiger partial charge in [-0.2, -0.15) is 0 Å². The van der Waals surface area contributed by atoms with Gasteiger partial charge in [-0.05, 0) is 52.0 Å². The van der Waals surface area contributed by atoms with Gasteiger partial charge in [0.25, 0.3) is 0 Å². The molecule has 172 valence electrons. The maximum Gasteiger partial charge on any atom is 0.0903 e. The zero-order chi connectivity index (χ0) is 23.2. The highest BCUT2D eigenvalue weighted by molar-refractivity contribution is 5.23. The van der Waals surface area contributed by atoms with Gasteiger partial charge in [-0.3, -0.25) is 0 Å². The van der Waals surface area contributed by atoms with Crippen LogP contribution in [0.2, 0.25) is 0 Å². The van der Waals surface area contributed by atoms with Crippen LogP contribution in [-0.2, 0) is 0 Å². The van der Waals surface area contributed by atoms with Crippen LogP contribution >= 0.6 is 0 Å². The van der Waals surface area contributed by atoms with Crippen LogP contribution in [0.4, 0.5) is 0 Å². The molecule has 0 aromatic heterocycles. The highest BCUT2D eigenvalue weighted by Gasteiger charge is 2.02. The van der Waals surface area contributed by atoms with E-state index < -0.39 is 6.10 Å². The van der Waals surface area contributed by atoms with Crippen molar-refractivity contribution in [1.82, 2.24) is 4.90 Å². The first-order valence-corrected chi connectivity index (χ1v) is 11.8. The Labute approximate surface area is 188 Å². The molecule has 0 fully saturated rings. The van der Waals surface area contributed by atoms with Crippen molar-refractivity contribution in [3.63, 3.8) is 0 Å². The van der Waals surface area contributed by atoms with Gasteiger partial charge in [0.2, 0.25) is 0 Å². The Morgan fingerprint density at radius 1 is 1.13 bits per heavy atom. The van der Waals surface area contributed by atoms with E-state index in [1.54, 1.807) is 0 Å². The standard InChI is InChI=1S/C13H21NO.C11H16.2C2H6/c1-12-6-3-4-7-13(15)8-5-10-14(2)11-9-12;1-3-4-7-11-8-5-6-10(2)9-11;2*1-2/h4-8,13,15H,3,9-11H2,1-2H3;3,5,8-10H,1,4,6-7H2,2H3;2*1-2H3/b7-4?,8-5+,12-6+;;;. The zero-order valence-corrected chi connectivity index (χ0v) is 20.9. The van der Waals surface area contributed by atoms with Crippen molar-refractivity contribution in [1.29, 1.82) is 0 Å². The molecule has 0 aromatic carbocycles. The minimum absolute atomic E-state index is 0.438. The number of likely N-dealkylation sites (N-methyl/N-ethyl adjacent to an activating group) is 1. The molecule has 30 heavy (non-hydrogen) atoms. The van der Waals surface area contributed by atoms with Crippen molar-refractivity contribution < 1.29 is 5.11 Å². The van der Waals surface area contributed by atoms with Crippen molar-refractivity contribution in [3.8, 4) is 0 Å². The largest absolute Gasteiger partial charge is 0.385 e. The molecule has 2 aliphatic rings. The van der Waals surface area contributed by atoms with Crippen LogP contribution in [0, 0.1) is 5.92 Å². The second-order valence-electron chi connectivity index (χ2n) is 7.33. The van der Waals surface area contributed by atoms with E-state index in [1.165, 1.54) is 17.6 Å². The maximum atomic E-state index is 9.53. The van der Waals surface area contributed by atoms with Gasteiger partial charge in [0, 0.05) is 13.1 Å². The first-order valence-electron chi connectivity index (χ1n) is 11.8. The molecule has 0 bridgehead atoms. The third-order valence-electron chi connectivity index (χ3n) is 4.55. The van der Waals surface area contributed by atoms with Gasteiger partial charge >= 0.3 is 0 Å². The van der Waals surface area contributed by atoms with Gasteiger partial charge in [-0.25, -0.2) is 0 Å². The summed E-state index contributed by atoms with van der Waals surface area (Å²) in [4.78, 5) is 2.26. The molecule has 1 aliphatic carbocycles. The van der Waals surface area contributed by atoms with E-state index in [4.69, 9.17) is 0 Å². The third-order valence-corrected chi connectivity index (χ3v) is 4.55. The van der Waals surface area contributed by atoms with Gasteiger partial charge in [0.05, 0.1) is 6.10 Å². The molecule has 1 heterocycles. The summed E-state index contributed by atoms with van der Waals surface area (Å²) in [6.45, 7) is 18.1. The average Bonchev–Trinajstić information content (AvgIpc) is 2.76. The van der Waals surface area contributed by atoms with Crippen LogP contribution in [0.1, 0.15) is 73.6 Å². The molecule has 1 N–H and O–H groups in total. The number of hydrogen-bond acceptors (Lipinski definition) is 2. The molecule has 2 nitrogen and oxygen atoms in total. The van der Waals surface area contributed by atoms with Crippen LogP contribution in [0.3, 0.4) is 0 Å². The quantitative estimate of drug-likeness (QED) is 0.478. The molecule has 0 spiro atoms. The van der Waals surface area contributed by atoms with E-state index in [1.807, 2.05) is 58.1 Å². The number of hydrogen-bond donors (Lipinski definition) is 1. The third kappa shape index (κ3) is 18.4. The predicted molar refractivity (Wildman–Crippen MR) is 138 cm³/mol. The van der Waals surface area contributed by atoms with Crippen molar-refractivity contribution in [2.24, 2.45) is 5.92 Å². The Bertz CT molecular complexity index is 551. The molecule has 2 heteroatoms. The Morgan fingerprint density at radius 3 is 2.43 bits per heavy atom. The molecular weight excluding hydrogens is 366 g/mol. The Morgan fingerprint density at radius 2 is 1.80 bits per heavy atom. The van der Waals surface area contributed by atoms with Crippen LogP contribution in [0.25, 0.3) is 0 Å². The van der Waals surface area contributed by atoms with Crippen molar-refractivity contribution >= 4 is 0 Å². The highest BCUT2D eigenvalue weighted by atomic mass is 16.3. The van der Waals surface area contributed by atoms with Gasteiger partial charge in [0.1, 0.15) is 0 Å². The first kappa shape index (κ1) is 30.6. The minimum Gasteiger partial charge on any atom is -0.385 e. The predicted octanol–water partition coefficient (Wildman–Crippen LogP) is 7.66. The lowest BCUT2D eigenvalue weighted by Gasteiger charge is -2.14. The number of nitrogens with zero attached hydrogens (tertiary/aromatic N) is 1. The summed E-state index contributed by atoms with van der Waals surface area (Å²) >= 11 is 0. The molecule has 0 saturated carbocycles. The fourth-order valence-corrected chi connectivity index (χ4v) is 2.85. The van der Waals surface area contributed by atoms with Gasteiger partial charge in [-0.15, -0.1) is 6.58 Å². The first-order chi connectivity index (χ1) is 14.5. The van der Waals surface area contributed by atoms with Gasteiger partial charge in [0.15, 0.2) is 0 Å². The molecular formula is C28H49NO. The SMILES string of the molecule is C/C1=C\CC=CC(O)/C=C/CN(C)CC1.C=CCCC1=CC(C)CC=C1.CC.CC. The fourth-order valence-electron chi connectivity index (χ4n) is 2.85. The zero-order valence-electron chi connectivity index (χ0n) is 20.9. The number of aliphatic hydroxyl groups is 1. The van der Waals surface area contributed by atoms with Crippen LogP contribution in [0.15, 0.2) is 72.4 Å². The smallest absolute Gasteiger partial charge is 0.0903 e. The monoisotopic (exact) mass is 415 g/mol. The molecule has 0 saturated heterocycles. The Hall–Kier alpha value is -1.64. The molecule has 0 amide bonds. The summed E-state index contributed by atoms with van der Waals surface area (Å²) in [5.74, 6) is 0.736.